The normalized spacial score (nSPS) is 39.0. The molecule has 4 fully saturated rings. The summed E-state index contributed by atoms with van der Waals surface area (Å²) in [6.07, 6.45) is 17.2. The van der Waals surface area contributed by atoms with Crippen molar-refractivity contribution in [1.29, 1.82) is 0 Å². The molecule has 0 radical (unpaired) electrons. The van der Waals surface area contributed by atoms with Crippen LogP contribution in [-0.4, -0.2) is 12.5 Å². The Morgan fingerprint density at radius 3 is 2.25 bits per heavy atom. The Kier molecular flexibility index (Phi) is 4.00. The third kappa shape index (κ3) is 2.99. The molecule has 0 spiro atoms. The Morgan fingerprint density at radius 1 is 1.10 bits per heavy atom. The molecule has 0 unspecified atom stereocenters. The molecule has 4 bridgehead atoms. The van der Waals surface area contributed by atoms with Gasteiger partial charge in [-0.25, -0.2) is 0 Å². The molecule has 2 nitrogen and oxygen atoms in total. The third-order valence-electron chi connectivity index (χ3n) is 5.67. The molecule has 1 amide bonds. The van der Waals surface area contributed by atoms with Crippen LogP contribution >= 0.6 is 0 Å². The minimum Gasteiger partial charge on any atom is -0.353 e. The molecule has 110 valence electrons. The molecule has 0 saturated heterocycles. The zero-order valence-electron chi connectivity index (χ0n) is 12.6. The molecule has 0 aromatic rings. The van der Waals surface area contributed by atoms with E-state index in [4.69, 9.17) is 0 Å². The molecule has 20 heavy (non-hydrogen) atoms. The summed E-state index contributed by atoms with van der Waals surface area (Å²) in [5.41, 5.74) is 0.578. The van der Waals surface area contributed by atoms with Crippen molar-refractivity contribution in [2.45, 2.75) is 51.9 Å². The largest absolute Gasteiger partial charge is 0.353 e. The predicted molar refractivity (Wildman–Crippen MR) is 82.2 cm³/mol. The second-order valence-corrected chi connectivity index (χ2v) is 7.34. The smallest absolute Gasteiger partial charge is 0.243 e. The van der Waals surface area contributed by atoms with Crippen LogP contribution in [0.25, 0.3) is 0 Å². The quantitative estimate of drug-likeness (QED) is 0.598. The second-order valence-electron chi connectivity index (χ2n) is 7.34. The molecular weight excluding hydrogens is 246 g/mol. The monoisotopic (exact) mass is 273 g/mol. The fourth-order valence-electron chi connectivity index (χ4n) is 5.36. The molecule has 0 heterocycles. The van der Waals surface area contributed by atoms with Crippen molar-refractivity contribution in [2.75, 3.05) is 6.54 Å². The molecule has 2 heteroatoms. The van der Waals surface area contributed by atoms with Crippen molar-refractivity contribution < 1.29 is 4.79 Å². The van der Waals surface area contributed by atoms with Crippen LogP contribution < -0.4 is 5.32 Å². The van der Waals surface area contributed by atoms with E-state index < -0.39 is 0 Å². The third-order valence-corrected chi connectivity index (χ3v) is 5.67. The van der Waals surface area contributed by atoms with Crippen molar-refractivity contribution in [3.63, 3.8) is 0 Å². The summed E-state index contributed by atoms with van der Waals surface area (Å²) in [6.45, 7) is 2.81. The fraction of sp³-hybridized carbons (Fsp3) is 0.722. The Labute approximate surface area is 122 Å². The Hall–Kier alpha value is -1.05. The SMILES string of the molecule is C/C=C/C=C/C(=O)NCCC12CC3CC(CC(C3)C1)C2. The number of hydrogen-bond donors (Lipinski definition) is 1. The van der Waals surface area contributed by atoms with Crippen molar-refractivity contribution in [1.82, 2.24) is 5.32 Å². The number of amides is 1. The average Bonchev–Trinajstić information content (AvgIpc) is 2.37. The van der Waals surface area contributed by atoms with Gasteiger partial charge in [0.2, 0.25) is 5.91 Å². The molecule has 0 atom stereocenters. The average molecular weight is 273 g/mol. The highest BCUT2D eigenvalue weighted by molar-refractivity contribution is 5.87. The Morgan fingerprint density at radius 2 is 1.70 bits per heavy atom. The van der Waals surface area contributed by atoms with Crippen molar-refractivity contribution >= 4 is 5.91 Å². The van der Waals surface area contributed by atoms with Gasteiger partial charge >= 0.3 is 0 Å². The molecule has 4 aliphatic carbocycles. The van der Waals surface area contributed by atoms with E-state index >= 15 is 0 Å². The van der Waals surface area contributed by atoms with Crippen LogP contribution in [0, 0.1) is 23.2 Å². The van der Waals surface area contributed by atoms with Gasteiger partial charge in [0, 0.05) is 12.6 Å². The maximum Gasteiger partial charge on any atom is 0.243 e. The molecule has 4 rings (SSSR count). The summed E-state index contributed by atoms with van der Waals surface area (Å²) in [7, 11) is 0. The predicted octanol–water partition coefficient (Wildman–Crippen LogP) is 3.84. The van der Waals surface area contributed by atoms with Gasteiger partial charge in [-0.15, -0.1) is 0 Å². The first-order valence-electron chi connectivity index (χ1n) is 8.26. The van der Waals surface area contributed by atoms with E-state index in [1.165, 1.54) is 44.9 Å². The zero-order valence-corrected chi connectivity index (χ0v) is 12.6. The van der Waals surface area contributed by atoms with Gasteiger partial charge in [-0.1, -0.05) is 18.2 Å². The van der Waals surface area contributed by atoms with Crippen molar-refractivity contribution in [3.05, 3.63) is 24.3 Å². The Bertz CT molecular complexity index is 386. The standard InChI is InChI=1S/C18H27NO/c1-2-3-4-5-17(20)19-7-6-18-11-14-8-15(12-18)10-16(9-14)13-18/h2-5,14-16H,6-13H2,1H3,(H,19,20)/b3-2+,5-4+. The van der Waals surface area contributed by atoms with Gasteiger partial charge in [-0.3, -0.25) is 4.79 Å². The molecule has 0 aliphatic heterocycles. The maximum absolute atomic E-state index is 11.7. The van der Waals surface area contributed by atoms with E-state index in [-0.39, 0.29) is 5.91 Å². The van der Waals surface area contributed by atoms with Gasteiger partial charge in [0.25, 0.3) is 0 Å². The van der Waals surface area contributed by atoms with Crippen LogP contribution in [0.5, 0.6) is 0 Å². The highest BCUT2D eigenvalue weighted by atomic mass is 16.1. The minimum absolute atomic E-state index is 0.0489. The lowest BCUT2D eigenvalue weighted by Gasteiger charge is -2.57. The van der Waals surface area contributed by atoms with Crippen LogP contribution in [0.3, 0.4) is 0 Å². The summed E-state index contributed by atoms with van der Waals surface area (Å²) in [4.78, 5) is 11.7. The highest BCUT2D eigenvalue weighted by Crippen LogP contribution is 2.61. The fourth-order valence-corrected chi connectivity index (χ4v) is 5.36. The van der Waals surface area contributed by atoms with Crippen molar-refractivity contribution in [3.8, 4) is 0 Å². The Balaban J connectivity index is 1.48. The number of allylic oxidation sites excluding steroid dienone is 3. The van der Waals surface area contributed by atoms with Crippen LogP contribution in [-0.2, 0) is 4.79 Å². The second kappa shape index (κ2) is 5.75. The summed E-state index contributed by atoms with van der Waals surface area (Å²) in [6, 6.07) is 0. The lowest BCUT2D eigenvalue weighted by Crippen LogP contribution is -2.47. The highest BCUT2D eigenvalue weighted by Gasteiger charge is 2.50. The van der Waals surface area contributed by atoms with Crippen LogP contribution in [0.15, 0.2) is 24.3 Å². The van der Waals surface area contributed by atoms with E-state index in [0.717, 1.165) is 24.3 Å². The molecular formula is C18H27NO. The van der Waals surface area contributed by atoms with Gasteiger partial charge < -0.3 is 5.32 Å². The van der Waals surface area contributed by atoms with Gasteiger partial charge in [0.15, 0.2) is 0 Å². The van der Waals surface area contributed by atoms with Crippen molar-refractivity contribution in [2.24, 2.45) is 23.2 Å². The number of hydrogen-bond acceptors (Lipinski definition) is 1. The molecule has 0 aromatic carbocycles. The summed E-state index contributed by atoms with van der Waals surface area (Å²) < 4.78 is 0. The van der Waals surface area contributed by atoms with Crippen LogP contribution in [0.4, 0.5) is 0 Å². The van der Waals surface area contributed by atoms with Gasteiger partial charge in [-0.05, 0) is 75.0 Å². The molecule has 4 saturated carbocycles. The van der Waals surface area contributed by atoms with Crippen LogP contribution in [0.2, 0.25) is 0 Å². The van der Waals surface area contributed by atoms with Gasteiger partial charge in [0.05, 0.1) is 0 Å². The van der Waals surface area contributed by atoms with Gasteiger partial charge in [0.1, 0.15) is 0 Å². The first kappa shape index (κ1) is 13.9. The van der Waals surface area contributed by atoms with E-state index in [1.54, 1.807) is 12.2 Å². The summed E-state index contributed by atoms with van der Waals surface area (Å²) in [5.74, 6) is 3.07. The summed E-state index contributed by atoms with van der Waals surface area (Å²) >= 11 is 0. The number of carbonyl (C=O) groups is 1. The number of rotatable bonds is 5. The number of carbonyl (C=O) groups excluding carboxylic acids is 1. The van der Waals surface area contributed by atoms with E-state index in [0.29, 0.717) is 5.41 Å². The lowest BCUT2D eigenvalue weighted by atomic mass is 9.49. The first-order valence-corrected chi connectivity index (χ1v) is 8.26. The number of nitrogens with one attached hydrogen (secondary N) is 1. The minimum atomic E-state index is 0.0489. The maximum atomic E-state index is 11.7. The van der Waals surface area contributed by atoms with E-state index in [1.807, 2.05) is 19.1 Å². The molecule has 0 aromatic heterocycles. The van der Waals surface area contributed by atoms with Gasteiger partial charge in [-0.2, -0.15) is 0 Å². The molecule has 1 N–H and O–H groups in total. The molecule has 4 aliphatic rings. The zero-order chi connectivity index (χ0) is 14.0. The van der Waals surface area contributed by atoms with E-state index in [2.05, 4.69) is 5.32 Å². The van der Waals surface area contributed by atoms with E-state index in [9.17, 15) is 4.79 Å². The van der Waals surface area contributed by atoms with Crippen LogP contribution in [0.1, 0.15) is 51.9 Å². The topological polar surface area (TPSA) is 29.1 Å². The lowest BCUT2D eigenvalue weighted by molar-refractivity contribution is -0.116. The first-order chi connectivity index (χ1) is 9.69. The summed E-state index contributed by atoms with van der Waals surface area (Å²) in [5, 5.41) is 3.06.